The fraction of sp³-hybridized carbons (Fsp3) is 0.0909. The lowest BCUT2D eigenvalue weighted by molar-refractivity contribution is -0.137. The van der Waals surface area contributed by atoms with Crippen molar-refractivity contribution >= 4 is 11.1 Å². The summed E-state index contributed by atoms with van der Waals surface area (Å²) in [5.74, 6) is 0. The molecule has 3 aromatic rings. The number of allylic oxidation sites excluding steroid dienone is 1. The highest BCUT2D eigenvalue weighted by Crippen LogP contribution is 2.35. The van der Waals surface area contributed by atoms with Gasteiger partial charge in [-0.1, -0.05) is 72.8 Å². The molecular formula is C22H17F3. The van der Waals surface area contributed by atoms with Crippen LogP contribution in [0.3, 0.4) is 0 Å². The van der Waals surface area contributed by atoms with Gasteiger partial charge in [-0.3, -0.25) is 0 Å². The first-order chi connectivity index (χ1) is 12.0. The number of benzene rings is 3. The Balaban J connectivity index is 2.24. The van der Waals surface area contributed by atoms with E-state index in [2.05, 4.69) is 0 Å². The molecule has 0 aromatic heterocycles. The zero-order valence-electron chi connectivity index (χ0n) is 13.7. The van der Waals surface area contributed by atoms with E-state index in [1.54, 1.807) is 6.07 Å². The second-order valence-corrected chi connectivity index (χ2v) is 5.81. The van der Waals surface area contributed by atoms with Gasteiger partial charge in [0.05, 0.1) is 5.56 Å². The van der Waals surface area contributed by atoms with Gasteiger partial charge in [0.1, 0.15) is 0 Å². The Bertz CT molecular complexity index is 876. The predicted octanol–water partition coefficient (Wildman–Crippen LogP) is 6.68. The van der Waals surface area contributed by atoms with E-state index in [0.29, 0.717) is 5.56 Å². The fourth-order valence-corrected chi connectivity index (χ4v) is 2.89. The summed E-state index contributed by atoms with van der Waals surface area (Å²) in [6.07, 6.45) is -4.36. The van der Waals surface area contributed by atoms with Crippen molar-refractivity contribution in [1.29, 1.82) is 0 Å². The number of halogens is 3. The molecule has 0 atom stereocenters. The Morgan fingerprint density at radius 1 is 0.640 bits per heavy atom. The Morgan fingerprint density at radius 2 is 1.16 bits per heavy atom. The van der Waals surface area contributed by atoms with E-state index in [-0.39, 0.29) is 0 Å². The van der Waals surface area contributed by atoms with Crippen LogP contribution in [0.1, 0.15) is 29.2 Å². The summed E-state index contributed by atoms with van der Waals surface area (Å²) in [6, 6.07) is 24.7. The maximum Gasteiger partial charge on any atom is 0.416 e. The summed E-state index contributed by atoms with van der Waals surface area (Å²) in [4.78, 5) is 0. The summed E-state index contributed by atoms with van der Waals surface area (Å²) in [6.45, 7) is 1.94. The lowest BCUT2D eigenvalue weighted by Gasteiger charge is -2.16. The van der Waals surface area contributed by atoms with Gasteiger partial charge in [0.15, 0.2) is 0 Å². The summed E-state index contributed by atoms with van der Waals surface area (Å²) in [5, 5.41) is 0. The van der Waals surface area contributed by atoms with Crippen molar-refractivity contribution in [2.45, 2.75) is 13.1 Å². The monoisotopic (exact) mass is 338 g/mol. The normalized spacial score (nSPS) is 12.6. The molecule has 3 aromatic carbocycles. The Morgan fingerprint density at radius 3 is 1.72 bits per heavy atom. The molecule has 0 aliphatic rings. The average molecular weight is 338 g/mol. The van der Waals surface area contributed by atoms with Crippen LogP contribution in [0.25, 0.3) is 11.1 Å². The average Bonchev–Trinajstić information content (AvgIpc) is 2.63. The lowest BCUT2D eigenvalue weighted by Crippen LogP contribution is -2.05. The molecule has 3 heteroatoms. The van der Waals surface area contributed by atoms with Crippen LogP contribution in [0.5, 0.6) is 0 Å². The summed E-state index contributed by atoms with van der Waals surface area (Å²) < 4.78 is 39.4. The van der Waals surface area contributed by atoms with Gasteiger partial charge < -0.3 is 0 Å². The van der Waals surface area contributed by atoms with E-state index in [4.69, 9.17) is 0 Å². The van der Waals surface area contributed by atoms with Gasteiger partial charge >= 0.3 is 6.18 Å². The van der Waals surface area contributed by atoms with E-state index >= 15 is 0 Å². The molecule has 25 heavy (non-hydrogen) atoms. The van der Waals surface area contributed by atoms with Crippen LogP contribution in [0.2, 0.25) is 0 Å². The van der Waals surface area contributed by atoms with Gasteiger partial charge in [0.2, 0.25) is 0 Å². The highest BCUT2D eigenvalue weighted by molar-refractivity contribution is 5.97. The fourth-order valence-electron chi connectivity index (χ4n) is 2.89. The second-order valence-electron chi connectivity index (χ2n) is 5.81. The standard InChI is InChI=1S/C22H17F3/c1-16(17-9-4-2-5-10-17)21(18-11-6-3-7-12-18)19-13-8-14-20(15-19)22(23,24)25/h2-15H,1H3/b21-16-. The quantitative estimate of drug-likeness (QED) is 0.467. The molecule has 0 N–H and O–H groups in total. The third-order valence-corrected chi connectivity index (χ3v) is 4.12. The molecule has 0 fully saturated rings. The molecule has 0 bridgehead atoms. The third kappa shape index (κ3) is 3.82. The zero-order valence-corrected chi connectivity index (χ0v) is 13.7. The van der Waals surface area contributed by atoms with Gasteiger partial charge in [0, 0.05) is 0 Å². The van der Waals surface area contributed by atoms with Crippen LogP contribution >= 0.6 is 0 Å². The number of hydrogen-bond donors (Lipinski definition) is 0. The summed E-state index contributed by atoms with van der Waals surface area (Å²) >= 11 is 0. The molecule has 0 saturated carbocycles. The van der Waals surface area contributed by atoms with Crippen LogP contribution < -0.4 is 0 Å². The molecule has 0 heterocycles. The van der Waals surface area contributed by atoms with Crippen molar-refractivity contribution in [1.82, 2.24) is 0 Å². The molecule has 0 nitrogen and oxygen atoms in total. The SMILES string of the molecule is C/C(=C(\c1ccccc1)c1cccc(C(F)(F)F)c1)c1ccccc1. The number of alkyl halides is 3. The minimum Gasteiger partial charge on any atom is -0.166 e. The topological polar surface area (TPSA) is 0 Å². The number of rotatable bonds is 3. The minimum absolute atomic E-state index is 0.558. The first kappa shape index (κ1) is 17.0. The molecule has 0 spiro atoms. The first-order valence-electron chi connectivity index (χ1n) is 7.96. The molecule has 0 aliphatic carbocycles. The highest BCUT2D eigenvalue weighted by Gasteiger charge is 2.30. The van der Waals surface area contributed by atoms with Crippen LogP contribution in [0, 0.1) is 0 Å². The van der Waals surface area contributed by atoms with Crippen molar-refractivity contribution in [3.63, 3.8) is 0 Å². The van der Waals surface area contributed by atoms with E-state index in [1.807, 2.05) is 67.6 Å². The van der Waals surface area contributed by atoms with E-state index in [0.717, 1.165) is 28.3 Å². The van der Waals surface area contributed by atoms with E-state index in [1.165, 1.54) is 12.1 Å². The number of hydrogen-bond acceptors (Lipinski definition) is 0. The highest BCUT2D eigenvalue weighted by atomic mass is 19.4. The van der Waals surface area contributed by atoms with Gasteiger partial charge in [-0.25, -0.2) is 0 Å². The third-order valence-electron chi connectivity index (χ3n) is 4.12. The largest absolute Gasteiger partial charge is 0.416 e. The maximum absolute atomic E-state index is 13.1. The van der Waals surface area contributed by atoms with Crippen molar-refractivity contribution in [2.75, 3.05) is 0 Å². The van der Waals surface area contributed by atoms with E-state index < -0.39 is 11.7 Å². The first-order valence-corrected chi connectivity index (χ1v) is 7.96. The maximum atomic E-state index is 13.1. The zero-order chi connectivity index (χ0) is 17.9. The van der Waals surface area contributed by atoms with Gasteiger partial charge in [-0.2, -0.15) is 13.2 Å². The van der Waals surface area contributed by atoms with Crippen molar-refractivity contribution < 1.29 is 13.2 Å². The molecule has 3 rings (SSSR count). The van der Waals surface area contributed by atoms with Crippen molar-refractivity contribution in [2.24, 2.45) is 0 Å². The van der Waals surface area contributed by atoms with Gasteiger partial charge in [-0.15, -0.1) is 0 Å². The van der Waals surface area contributed by atoms with Gasteiger partial charge in [0.25, 0.3) is 0 Å². The lowest BCUT2D eigenvalue weighted by atomic mass is 9.89. The smallest absolute Gasteiger partial charge is 0.166 e. The molecule has 0 saturated heterocycles. The van der Waals surface area contributed by atoms with Crippen molar-refractivity contribution in [3.8, 4) is 0 Å². The molecule has 0 radical (unpaired) electrons. The minimum atomic E-state index is -4.36. The van der Waals surface area contributed by atoms with Crippen LogP contribution in [-0.2, 0) is 6.18 Å². The summed E-state index contributed by atoms with van der Waals surface area (Å²) in [7, 11) is 0. The van der Waals surface area contributed by atoms with E-state index in [9.17, 15) is 13.2 Å². The summed E-state index contributed by atoms with van der Waals surface area (Å²) in [5.41, 5.74) is 3.53. The Hall–Kier alpha value is -2.81. The van der Waals surface area contributed by atoms with Crippen LogP contribution in [-0.4, -0.2) is 0 Å². The van der Waals surface area contributed by atoms with Crippen LogP contribution in [0.4, 0.5) is 13.2 Å². The van der Waals surface area contributed by atoms with Crippen molar-refractivity contribution in [3.05, 3.63) is 107 Å². The van der Waals surface area contributed by atoms with Crippen LogP contribution in [0.15, 0.2) is 84.9 Å². The molecule has 0 unspecified atom stereocenters. The molecule has 126 valence electrons. The Labute approximate surface area is 145 Å². The Kier molecular flexibility index (Phi) is 4.75. The second kappa shape index (κ2) is 6.98. The molecular weight excluding hydrogens is 321 g/mol. The molecule has 0 aliphatic heterocycles. The predicted molar refractivity (Wildman–Crippen MR) is 95.9 cm³/mol. The van der Waals surface area contributed by atoms with Gasteiger partial charge in [-0.05, 0) is 46.9 Å². The molecule has 0 amide bonds.